The van der Waals surface area contributed by atoms with E-state index in [1.807, 2.05) is 24.3 Å². The Morgan fingerprint density at radius 3 is 2.41 bits per heavy atom. The zero-order valence-electron chi connectivity index (χ0n) is 15.6. The molecule has 0 saturated carbocycles. The molecular formula is C22H19N3O4. The summed E-state index contributed by atoms with van der Waals surface area (Å²) in [6.45, 7) is 0.891. The van der Waals surface area contributed by atoms with Gasteiger partial charge in [-0.15, -0.1) is 0 Å². The highest BCUT2D eigenvalue weighted by Gasteiger charge is 2.31. The van der Waals surface area contributed by atoms with E-state index < -0.39 is 12.1 Å². The number of carboxylic acid groups (broad SMARTS) is 1. The lowest BCUT2D eigenvalue weighted by molar-refractivity contribution is 0.0683. The molecule has 0 spiro atoms. The Hall–Kier alpha value is -3.61. The van der Waals surface area contributed by atoms with E-state index in [4.69, 9.17) is 4.74 Å². The van der Waals surface area contributed by atoms with E-state index in [-0.39, 0.29) is 24.8 Å². The highest BCUT2D eigenvalue weighted by Crippen LogP contribution is 2.44. The number of rotatable bonds is 3. The van der Waals surface area contributed by atoms with E-state index >= 15 is 0 Å². The lowest BCUT2D eigenvalue weighted by Gasteiger charge is -2.27. The molecule has 1 aliphatic carbocycles. The number of aromatic nitrogens is 2. The van der Waals surface area contributed by atoms with E-state index in [2.05, 4.69) is 34.5 Å². The largest absolute Gasteiger partial charge is 0.476 e. The number of carboxylic acids is 1. The Labute approximate surface area is 166 Å². The number of carbonyl (C=O) groups excluding carboxylic acids is 1. The fraction of sp³-hybridized carbons (Fsp3) is 0.227. The van der Waals surface area contributed by atoms with Crippen molar-refractivity contribution in [1.29, 1.82) is 0 Å². The highest BCUT2D eigenvalue weighted by molar-refractivity contribution is 5.87. The van der Waals surface area contributed by atoms with Gasteiger partial charge in [0, 0.05) is 30.1 Å². The zero-order valence-corrected chi connectivity index (χ0v) is 15.6. The van der Waals surface area contributed by atoms with Crippen molar-refractivity contribution in [2.75, 3.05) is 13.2 Å². The van der Waals surface area contributed by atoms with E-state index in [0.717, 1.165) is 16.8 Å². The Bertz CT molecular complexity index is 1080. The molecule has 29 heavy (non-hydrogen) atoms. The van der Waals surface area contributed by atoms with Crippen molar-refractivity contribution < 1.29 is 19.4 Å². The Morgan fingerprint density at radius 2 is 1.76 bits per heavy atom. The van der Waals surface area contributed by atoms with Gasteiger partial charge in [0.2, 0.25) is 0 Å². The number of nitrogens with zero attached hydrogens (tertiary/aromatic N) is 2. The molecular weight excluding hydrogens is 370 g/mol. The molecule has 0 fully saturated rings. The van der Waals surface area contributed by atoms with Crippen molar-refractivity contribution >= 4 is 12.1 Å². The Balaban J connectivity index is 1.33. The lowest BCUT2D eigenvalue weighted by Crippen LogP contribution is -2.37. The first-order chi connectivity index (χ1) is 14.1. The number of H-pyrrole nitrogens is 1. The predicted molar refractivity (Wildman–Crippen MR) is 105 cm³/mol. The normalized spacial score (nSPS) is 14.8. The first-order valence-electron chi connectivity index (χ1n) is 9.53. The van der Waals surface area contributed by atoms with Gasteiger partial charge in [0.05, 0.1) is 6.54 Å². The minimum absolute atomic E-state index is 0.00444. The second-order valence-corrected chi connectivity index (χ2v) is 7.31. The molecule has 0 bridgehead atoms. The van der Waals surface area contributed by atoms with Crippen LogP contribution in [0.2, 0.25) is 0 Å². The minimum atomic E-state index is -1.10. The van der Waals surface area contributed by atoms with Crippen molar-refractivity contribution in [3.8, 4) is 11.1 Å². The van der Waals surface area contributed by atoms with E-state index in [9.17, 15) is 14.7 Å². The van der Waals surface area contributed by atoms with Crippen LogP contribution in [0.4, 0.5) is 4.79 Å². The van der Waals surface area contributed by atoms with Gasteiger partial charge in [-0.05, 0) is 22.3 Å². The maximum absolute atomic E-state index is 12.7. The molecule has 0 saturated heterocycles. The van der Waals surface area contributed by atoms with Crippen LogP contribution in [0, 0.1) is 0 Å². The van der Waals surface area contributed by atoms with Crippen LogP contribution in [-0.4, -0.2) is 45.4 Å². The van der Waals surface area contributed by atoms with Crippen LogP contribution < -0.4 is 0 Å². The van der Waals surface area contributed by atoms with Crippen LogP contribution in [0.1, 0.15) is 38.8 Å². The van der Waals surface area contributed by atoms with Gasteiger partial charge in [0.1, 0.15) is 6.61 Å². The predicted octanol–water partition coefficient (Wildman–Crippen LogP) is 3.42. The van der Waals surface area contributed by atoms with Crippen LogP contribution in [0.5, 0.6) is 0 Å². The van der Waals surface area contributed by atoms with Crippen molar-refractivity contribution in [1.82, 2.24) is 15.1 Å². The summed E-state index contributed by atoms with van der Waals surface area (Å²) in [5, 5.41) is 15.9. The first-order valence-corrected chi connectivity index (χ1v) is 9.53. The van der Waals surface area contributed by atoms with Crippen molar-refractivity contribution in [2.24, 2.45) is 0 Å². The van der Waals surface area contributed by atoms with Crippen LogP contribution in [0.15, 0.2) is 48.5 Å². The standard InChI is InChI=1S/C22H19N3O4/c26-21(27)20-17-11-25(10-9-19(17)23-24-20)22(28)29-12-18-15-7-3-1-5-13(15)14-6-2-4-8-16(14)18/h1-8,18H,9-12H2,(H,23,24)(H,26,27). The third-order valence-electron chi connectivity index (χ3n) is 5.73. The third kappa shape index (κ3) is 2.86. The number of amides is 1. The maximum atomic E-state index is 12.7. The van der Waals surface area contributed by atoms with Gasteiger partial charge in [-0.2, -0.15) is 5.10 Å². The second kappa shape index (κ2) is 6.77. The lowest BCUT2D eigenvalue weighted by atomic mass is 9.98. The molecule has 1 aliphatic heterocycles. The molecule has 1 amide bonds. The molecule has 2 heterocycles. The van der Waals surface area contributed by atoms with Crippen molar-refractivity contribution in [2.45, 2.75) is 18.9 Å². The number of hydrogen-bond donors (Lipinski definition) is 2. The van der Waals surface area contributed by atoms with Crippen LogP contribution in [-0.2, 0) is 17.7 Å². The maximum Gasteiger partial charge on any atom is 0.410 e. The van der Waals surface area contributed by atoms with Crippen LogP contribution >= 0.6 is 0 Å². The summed E-state index contributed by atoms with van der Waals surface area (Å²) in [5.74, 6) is -1.10. The summed E-state index contributed by atoms with van der Waals surface area (Å²) in [6.07, 6.45) is 0.0925. The number of fused-ring (bicyclic) bond motifs is 4. The topological polar surface area (TPSA) is 95.5 Å². The number of carbonyl (C=O) groups is 2. The van der Waals surface area contributed by atoms with E-state index in [0.29, 0.717) is 18.5 Å². The smallest absolute Gasteiger partial charge is 0.410 e. The SMILES string of the molecule is O=C(O)c1n[nH]c2c1CN(C(=O)OCC1c3ccccc3-c3ccccc31)CC2. The van der Waals surface area contributed by atoms with Gasteiger partial charge >= 0.3 is 12.1 Å². The minimum Gasteiger partial charge on any atom is -0.476 e. The summed E-state index contributed by atoms with van der Waals surface area (Å²) in [7, 11) is 0. The summed E-state index contributed by atoms with van der Waals surface area (Å²) < 4.78 is 5.68. The van der Waals surface area contributed by atoms with E-state index in [1.165, 1.54) is 16.0 Å². The molecule has 2 aliphatic rings. The summed E-state index contributed by atoms with van der Waals surface area (Å²) in [4.78, 5) is 25.6. The van der Waals surface area contributed by atoms with E-state index in [1.54, 1.807) is 0 Å². The fourth-order valence-corrected chi connectivity index (χ4v) is 4.31. The highest BCUT2D eigenvalue weighted by atomic mass is 16.6. The number of hydrogen-bond acceptors (Lipinski definition) is 4. The molecule has 0 radical (unpaired) electrons. The monoisotopic (exact) mass is 389 g/mol. The van der Waals surface area contributed by atoms with Gasteiger partial charge < -0.3 is 14.7 Å². The molecule has 7 nitrogen and oxygen atoms in total. The molecule has 7 heteroatoms. The molecule has 0 atom stereocenters. The third-order valence-corrected chi connectivity index (χ3v) is 5.73. The molecule has 146 valence electrons. The number of aromatic amines is 1. The van der Waals surface area contributed by atoms with Crippen molar-refractivity contribution in [3.63, 3.8) is 0 Å². The number of benzene rings is 2. The number of aromatic carboxylic acids is 1. The van der Waals surface area contributed by atoms with Gasteiger partial charge in [0.25, 0.3) is 0 Å². The van der Waals surface area contributed by atoms with Gasteiger partial charge in [-0.25, -0.2) is 9.59 Å². The van der Waals surface area contributed by atoms with Gasteiger partial charge in [0.15, 0.2) is 5.69 Å². The number of nitrogens with one attached hydrogen (secondary N) is 1. The molecule has 2 N–H and O–H groups in total. The Kier molecular flexibility index (Phi) is 4.08. The molecule has 3 aromatic rings. The zero-order chi connectivity index (χ0) is 20.0. The molecule has 2 aromatic carbocycles. The molecule has 0 unspecified atom stereocenters. The Morgan fingerprint density at radius 1 is 1.10 bits per heavy atom. The second-order valence-electron chi connectivity index (χ2n) is 7.31. The quantitative estimate of drug-likeness (QED) is 0.716. The fourth-order valence-electron chi connectivity index (χ4n) is 4.31. The van der Waals surface area contributed by atoms with Crippen LogP contribution in [0.3, 0.4) is 0 Å². The summed E-state index contributed by atoms with van der Waals surface area (Å²) in [6, 6.07) is 16.4. The van der Waals surface area contributed by atoms with Gasteiger partial charge in [-0.1, -0.05) is 48.5 Å². The van der Waals surface area contributed by atoms with Crippen LogP contribution in [0.25, 0.3) is 11.1 Å². The van der Waals surface area contributed by atoms with Crippen molar-refractivity contribution in [3.05, 3.63) is 76.6 Å². The molecule has 1 aromatic heterocycles. The molecule has 5 rings (SSSR count). The average molecular weight is 389 g/mol. The first kappa shape index (κ1) is 17.5. The number of ether oxygens (including phenoxy) is 1. The summed E-state index contributed by atoms with van der Waals surface area (Å²) >= 11 is 0. The van der Waals surface area contributed by atoms with Gasteiger partial charge in [-0.3, -0.25) is 5.10 Å². The average Bonchev–Trinajstić information content (AvgIpc) is 3.31. The summed E-state index contributed by atoms with van der Waals surface area (Å²) in [5.41, 5.74) is 5.96.